The number of aromatic amines is 1. The maximum atomic E-state index is 5.50. The van der Waals surface area contributed by atoms with E-state index in [0.29, 0.717) is 5.92 Å². The van der Waals surface area contributed by atoms with E-state index < -0.39 is 0 Å². The molecule has 2 aromatic heterocycles. The van der Waals surface area contributed by atoms with Gasteiger partial charge in [0.05, 0.1) is 16.9 Å². The van der Waals surface area contributed by atoms with Crippen molar-refractivity contribution in [2.24, 2.45) is 0 Å². The normalized spacial score (nSPS) is 16.6. The van der Waals surface area contributed by atoms with Crippen LogP contribution in [0, 0.1) is 0 Å². The van der Waals surface area contributed by atoms with Crippen LogP contribution < -0.4 is 9.47 Å². The largest absolute Gasteiger partial charge is 0.454 e. The van der Waals surface area contributed by atoms with Crippen molar-refractivity contribution in [3.05, 3.63) is 36.0 Å². The molecule has 0 unspecified atom stereocenters. The molecule has 1 N–H and O–H groups in total. The van der Waals surface area contributed by atoms with Crippen LogP contribution in [0.2, 0.25) is 0 Å². The van der Waals surface area contributed by atoms with E-state index in [1.807, 2.05) is 12.1 Å². The molecule has 0 amide bonds. The standard InChI is InChI=1S/C16H13N3O2/c1-2-9(1)10-5-14(12-3-4-17-19-12)18-13-7-16-15(6-11(10)13)20-8-21-16/h3-7,9H,1-2,8H2,(H,17,19). The lowest BCUT2D eigenvalue weighted by Gasteiger charge is -2.09. The lowest BCUT2D eigenvalue weighted by atomic mass is 10.0. The maximum Gasteiger partial charge on any atom is 0.231 e. The molecular weight excluding hydrogens is 266 g/mol. The lowest BCUT2D eigenvalue weighted by Crippen LogP contribution is -1.92. The van der Waals surface area contributed by atoms with Crippen molar-refractivity contribution in [3.8, 4) is 22.9 Å². The number of fused-ring (bicyclic) bond motifs is 2. The number of nitrogens with zero attached hydrogens (tertiary/aromatic N) is 2. The predicted octanol–water partition coefficient (Wildman–Crippen LogP) is 3.23. The molecule has 1 aromatic carbocycles. The molecule has 5 nitrogen and oxygen atoms in total. The van der Waals surface area contributed by atoms with E-state index in [9.17, 15) is 0 Å². The number of nitrogens with one attached hydrogen (secondary N) is 1. The van der Waals surface area contributed by atoms with Gasteiger partial charge in [0.1, 0.15) is 0 Å². The Balaban J connectivity index is 1.80. The van der Waals surface area contributed by atoms with E-state index in [0.717, 1.165) is 28.4 Å². The number of hydrogen-bond acceptors (Lipinski definition) is 4. The summed E-state index contributed by atoms with van der Waals surface area (Å²) >= 11 is 0. The van der Waals surface area contributed by atoms with Crippen molar-refractivity contribution in [3.63, 3.8) is 0 Å². The monoisotopic (exact) mass is 279 g/mol. The molecule has 0 radical (unpaired) electrons. The van der Waals surface area contributed by atoms with Crippen LogP contribution in [-0.2, 0) is 0 Å². The van der Waals surface area contributed by atoms with Crippen LogP contribution in [-0.4, -0.2) is 22.0 Å². The molecule has 1 aliphatic carbocycles. The number of ether oxygens (including phenoxy) is 2. The summed E-state index contributed by atoms with van der Waals surface area (Å²) in [4.78, 5) is 4.76. The van der Waals surface area contributed by atoms with Gasteiger partial charge in [-0.15, -0.1) is 0 Å². The van der Waals surface area contributed by atoms with Gasteiger partial charge in [-0.25, -0.2) is 4.98 Å². The average Bonchev–Trinajstić information content (AvgIpc) is 3.01. The first-order chi connectivity index (χ1) is 10.4. The zero-order valence-corrected chi connectivity index (χ0v) is 11.3. The van der Waals surface area contributed by atoms with E-state index in [2.05, 4.69) is 22.3 Å². The van der Waals surface area contributed by atoms with Gasteiger partial charge in [0, 0.05) is 17.6 Å². The number of aromatic nitrogens is 3. The number of pyridine rings is 1. The van der Waals surface area contributed by atoms with Gasteiger partial charge in [-0.1, -0.05) is 0 Å². The number of H-pyrrole nitrogens is 1. The van der Waals surface area contributed by atoms with E-state index in [1.54, 1.807) is 6.20 Å². The van der Waals surface area contributed by atoms with Crippen LogP contribution in [0.3, 0.4) is 0 Å². The zero-order chi connectivity index (χ0) is 13.8. The molecule has 3 heterocycles. The molecule has 1 saturated carbocycles. The molecular formula is C16H13N3O2. The van der Waals surface area contributed by atoms with Crippen molar-refractivity contribution >= 4 is 10.9 Å². The van der Waals surface area contributed by atoms with Gasteiger partial charge in [-0.3, -0.25) is 5.10 Å². The fourth-order valence-corrected chi connectivity index (χ4v) is 2.91. The Hall–Kier alpha value is -2.56. The predicted molar refractivity (Wildman–Crippen MR) is 77.4 cm³/mol. The molecule has 0 bridgehead atoms. The Morgan fingerprint density at radius 1 is 1.10 bits per heavy atom. The Labute approximate surface area is 120 Å². The number of hydrogen-bond donors (Lipinski definition) is 1. The van der Waals surface area contributed by atoms with E-state index in [4.69, 9.17) is 14.5 Å². The first kappa shape index (κ1) is 11.1. The van der Waals surface area contributed by atoms with Gasteiger partial charge in [0.15, 0.2) is 11.5 Å². The molecule has 1 fully saturated rings. The van der Waals surface area contributed by atoms with Crippen molar-refractivity contribution < 1.29 is 9.47 Å². The topological polar surface area (TPSA) is 60.0 Å². The molecule has 21 heavy (non-hydrogen) atoms. The van der Waals surface area contributed by atoms with Crippen molar-refractivity contribution in [2.45, 2.75) is 18.8 Å². The SMILES string of the molecule is c1cc(-c2cc(C3CC3)c3cc4c(cc3n2)OCO4)[nH]n1. The number of rotatable bonds is 2. The van der Waals surface area contributed by atoms with Crippen LogP contribution in [0.15, 0.2) is 30.5 Å². The molecule has 0 spiro atoms. The first-order valence-electron chi connectivity index (χ1n) is 7.12. The smallest absolute Gasteiger partial charge is 0.231 e. The van der Waals surface area contributed by atoms with Crippen LogP contribution in [0.5, 0.6) is 11.5 Å². The Morgan fingerprint density at radius 2 is 1.95 bits per heavy atom. The van der Waals surface area contributed by atoms with Gasteiger partial charge < -0.3 is 9.47 Å². The van der Waals surface area contributed by atoms with E-state index in [1.165, 1.54) is 23.8 Å². The van der Waals surface area contributed by atoms with E-state index in [-0.39, 0.29) is 6.79 Å². The highest BCUT2D eigenvalue weighted by Crippen LogP contribution is 2.46. The maximum absolute atomic E-state index is 5.50. The highest BCUT2D eigenvalue weighted by Gasteiger charge is 2.28. The molecule has 1 aliphatic heterocycles. The quantitative estimate of drug-likeness (QED) is 0.782. The molecule has 0 atom stereocenters. The Bertz CT molecular complexity index is 838. The molecule has 3 aromatic rings. The summed E-state index contributed by atoms with van der Waals surface area (Å²) in [5.74, 6) is 2.23. The minimum absolute atomic E-state index is 0.290. The molecule has 5 heteroatoms. The molecule has 104 valence electrons. The lowest BCUT2D eigenvalue weighted by molar-refractivity contribution is 0.174. The highest BCUT2D eigenvalue weighted by atomic mass is 16.7. The summed E-state index contributed by atoms with van der Waals surface area (Å²) in [6, 6.07) is 8.16. The van der Waals surface area contributed by atoms with Gasteiger partial charge in [-0.2, -0.15) is 5.10 Å². The summed E-state index contributed by atoms with van der Waals surface area (Å²) in [6.07, 6.45) is 4.24. The minimum Gasteiger partial charge on any atom is -0.454 e. The third-order valence-electron chi connectivity index (χ3n) is 4.13. The van der Waals surface area contributed by atoms with Crippen LogP contribution in [0.4, 0.5) is 0 Å². The van der Waals surface area contributed by atoms with Crippen molar-refractivity contribution in [2.75, 3.05) is 6.79 Å². The highest BCUT2D eigenvalue weighted by molar-refractivity contribution is 5.89. The fourth-order valence-electron chi connectivity index (χ4n) is 2.91. The summed E-state index contributed by atoms with van der Waals surface area (Å²) in [5.41, 5.74) is 4.17. The molecule has 0 saturated heterocycles. The van der Waals surface area contributed by atoms with E-state index >= 15 is 0 Å². The van der Waals surface area contributed by atoms with Gasteiger partial charge >= 0.3 is 0 Å². The number of benzene rings is 1. The summed E-state index contributed by atoms with van der Waals surface area (Å²) < 4.78 is 11.0. The summed E-state index contributed by atoms with van der Waals surface area (Å²) in [7, 11) is 0. The second-order valence-electron chi connectivity index (χ2n) is 5.56. The summed E-state index contributed by atoms with van der Waals surface area (Å²) in [6.45, 7) is 0.290. The van der Waals surface area contributed by atoms with Crippen LogP contribution in [0.25, 0.3) is 22.3 Å². The van der Waals surface area contributed by atoms with Crippen LogP contribution >= 0.6 is 0 Å². The Kier molecular flexibility index (Phi) is 2.11. The minimum atomic E-state index is 0.290. The van der Waals surface area contributed by atoms with Crippen LogP contribution in [0.1, 0.15) is 24.3 Å². The third kappa shape index (κ3) is 1.70. The first-order valence-corrected chi connectivity index (χ1v) is 7.12. The second-order valence-corrected chi connectivity index (χ2v) is 5.56. The van der Waals surface area contributed by atoms with Crippen molar-refractivity contribution in [1.29, 1.82) is 0 Å². The average molecular weight is 279 g/mol. The molecule has 2 aliphatic rings. The van der Waals surface area contributed by atoms with Gasteiger partial charge in [0.25, 0.3) is 0 Å². The fraction of sp³-hybridized carbons (Fsp3) is 0.250. The second kappa shape index (κ2) is 3.97. The van der Waals surface area contributed by atoms with Gasteiger partial charge in [-0.05, 0) is 42.5 Å². The Morgan fingerprint density at radius 3 is 2.71 bits per heavy atom. The van der Waals surface area contributed by atoms with Crippen molar-refractivity contribution in [1.82, 2.24) is 15.2 Å². The third-order valence-corrected chi connectivity index (χ3v) is 4.13. The summed E-state index contributed by atoms with van der Waals surface area (Å²) in [5, 5.41) is 8.18. The van der Waals surface area contributed by atoms with Gasteiger partial charge in [0.2, 0.25) is 6.79 Å². The zero-order valence-electron chi connectivity index (χ0n) is 11.3. The molecule has 5 rings (SSSR count).